The van der Waals surface area contributed by atoms with E-state index in [0.717, 1.165) is 0 Å². The second-order valence-electron chi connectivity index (χ2n) is 6.74. The molecule has 0 saturated carbocycles. The molecule has 0 unspecified atom stereocenters. The summed E-state index contributed by atoms with van der Waals surface area (Å²) < 4.78 is 236. The van der Waals surface area contributed by atoms with Gasteiger partial charge in [0.15, 0.2) is 0 Å². The minimum absolute atomic E-state index is 2.42. The summed E-state index contributed by atoms with van der Waals surface area (Å²) in [6, 6.07) is 0. The van der Waals surface area contributed by atoms with E-state index in [1.54, 1.807) is 0 Å². The molecule has 0 heterocycles. The van der Waals surface area contributed by atoms with Gasteiger partial charge in [-0.05, 0) is 0 Å². The summed E-state index contributed by atoms with van der Waals surface area (Å²) in [5.74, 6) is 0. The number of ether oxygens (including phenoxy) is 2. The van der Waals surface area contributed by atoms with E-state index < -0.39 is 80.1 Å². The van der Waals surface area contributed by atoms with Crippen LogP contribution in [0.5, 0.6) is 0 Å². The predicted molar refractivity (Wildman–Crippen MR) is 70.3 cm³/mol. The van der Waals surface area contributed by atoms with Crippen LogP contribution in [0, 0.1) is 5.41 Å². The van der Waals surface area contributed by atoms with Crippen LogP contribution in [-0.2, 0) is 9.47 Å². The van der Waals surface area contributed by atoms with Gasteiger partial charge >= 0.3 is 48.3 Å². The van der Waals surface area contributed by atoms with Gasteiger partial charge in [-0.15, -0.1) is 0 Å². The van der Waals surface area contributed by atoms with Crippen LogP contribution in [-0.4, -0.2) is 84.9 Å². The highest BCUT2D eigenvalue weighted by molar-refractivity contribution is 5.05. The third-order valence-corrected chi connectivity index (χ3v) is 4.26. The number of aliphatic hydroxyl groups is 2. The number of rotatable bonds is 8. The minimum Gasteiger partial charge on any atom is -0.396 e. The van der Waals surface area contributed by atoms with Gasteiger partial charge in [0.1, 0.15) is 0 Å². The first-order valence-electron chi connectivity index (χ1n) is 7.93. The molecule has 0 aromatic rings. The SMILES string of the molecule is OCC(CO)(COC(C(F)(F)F)(C(F)(F)F)C(F)(F)F)COC(C(F)(F)F)(C(F)(F)F)C(F)(F)F. The molecule has 212 valence electrons. The number of hydrogen-bond donors (Lipinski definition) is 2. The molecule has 0 aliphatic carbocycles. The quantitative estimate of drug-likeness (QED) is 0.409. The standard InChI is InChI=1S/C13H10F18O4/c14-8(15,16)6(9(17,18)19,10(20,21)22)34-3-5(1-32,2-33)4-35-7(11(23,24)25,12(26,27)28)13(29,30)31/h32-33H,1-4H2. The predicted octanol–water partition coefficient (Wildman–Crippen LogP) is 4.84. The molecule has 0 aromatic carbocycles. The Morgan fingerprint density at radius 2 is 0.543 bits per heavy atom. The van der Waals surface area contributed by atoms with Crippen molar-refractivity contribution in [2.75, 3.05) is 26.4 Å². The molecule has 0 aliphatic rings. The zero-order chi connectivity index (χ0) is 28.7. The summed E-state index contributed by atoms with van der Waals surface area (Å²) >= 11 is 0. The first-order valence-corrected chi connectivity index (χ1v) is 7.93. The maximum atomic E-state index is 12.8. The molecule has 0 saturated heterocycles. The topological polar surface area (TPSA) is 58.9 Å². The molecule has 0 rings (SSSR count). The van der Waals surface area contributed by atoms with E-state index in [-0.39, 0.29) is 0 Å². The van der Waals surface area contributed by atoms with Gasteiger partial charge in [-0.2, -0.15) is 79.0 Å². The molecule has 22 heteroatoms. The smallest absolute Gasteiger partial charge is 0.396 e. The average Bonchev–Trinajstić information content (AvgIpc) is 2.53. The molecule has 35 heavy (non-hydrogen) atoms. The average molecular weight is 572 g/mol. The van der Waals surface area contributed by atoms with Crippen LogP contribution in [0.3, 0.4) is 0 Å². The van der Waals surface area contributed by atoms with Crippen LogP contribution >= 0.6 is 0 Å². The van der Waals surface area contributed by atoms with E-state index in [9.17, 15) is 79.0 Å². The highest BCUT2D eigenvalue weighted by Crippen LogP contribution is 2.57. The third kappa shape index (κ3) is 5.78. The van der Waals surface area contributed by atoms with Crippen molar-refractivity contribution in [3.05, 3.63) is 0 Å². The molecular weight excluding hydrogens is 562 g/mol. The van der Waals surface area contributed by atoms with Crippen molar-refractivity contribution in [2.45, 2.75) is 48.3 Å². The summed E-state index contributed by atoms with van der Waals surface area (Å²) in [5.41, 5.74) is -18.3. The number of hydrogen-bond acceptors (Lipinski definition) is 4. The summed E-state index contributed by atoms with van der Waals surface area (Å²) in [4.78, 5) is 0. The van der Waals surface area contributed by atoms with Crippen LogP contribution in [0.2, 0.25) is 0 Å². The molecule has 0 fully saturated rings. The van der Waals surface area contributed by atoms with Crippen molar-refractivity contribution in [3.63, 3.8) is 0 Å². The van der Waals surface area contributed by atoms with Gasteiger partial charge in [-0.1, -0.05) is 0 Å². The fourth-order valence-electron chi connectivity index (χ4n) is 2.25. The van der Waals surface area contributed by atoms with Crippen LogP contribution < -0.4 is 0 Å². The Hall–Kier alpha value is -1.42. The molecule has 0 aliphatic heterocycles. The highest BCUT2D eigenvalue weighted by atomic mass is 19.4. The lowest BCUT2D eigenvalue weighted by Crippen LogP contribution is -2.70. The normalized spacial score (nSPS) is 16.1. The van der Waals surface area contributed by atoms with E-state index in [1.165, 1.54) is 0 Å². The van der Waals surface area contributed by atoms with Crippen molar-refractivity contribution in [1.29, 1.82) is 0 Å². The van der Waals surface area contributed by atoms with Crippen molar-refractivity contribution < 1.29 is 98.7 Å². The van der Waals surface area contributed by atoms with E-state index in [4.69, 9.17) is 10.2 Å². The van der Waals surface area contributed by atoms with Gasteiger partial charge in [-0.25, -0.2) is 0 Å². The Balaban J connectivity index is 6.65. The third-order valence-electron chi connectivity index (χ3n) is 4.26. The number of halogens is 18. The lowest BCUT2D eigenvalue weighted by molar-refractivity contribution is -0.468. The lowest BCUT2D eigenvalue weighted by atomic mass is 9.90. The van der Waals surface area contributed by atoms with Gasteiger partial charge in [-0.3, -0.25) is 0 Å². The molecule has 0 radical (unpaired) electrons. The van der Waals surface area contributed by atoms with Gasteiger partial charge in [0.25, 0.3) is 0 Å². The highest BCUT2D eigenvalue weighted by Gasteiger charge is 2.87. The second-order valence-corrected chi connectivity index (χ2v) is 6.74. The maximum absolute atomic E-state index is 12.8. The van der Waals surface area contributed by atoms with E-state index in [1.807, 2.05) is 0 Å². The van der Waals surface area contributed by atoms with Gasteiger partial charge < -0.3 is 19.7 Å². The van der Waals surface area contributed by atoms with Crippen LogP contribution in [0.4, 0.5) is 79.0 Å². The van der Waals surface area contributed by atoms with Gasteiger partial charge in [0.2, 0.25) is 0 Å². The molecule has 4 nitrogen and oxygen atoms in total. The Bertz CT molecular complexity index is 562. The largest absolute Gasteiger partial charge is 0.435 e. The summed E-state index contributed by atoms with van der Waals surface area (Å²) in [6.45, 7) is -10.9. The summed E-state index contributed by atoms with van der Waals surface area (Å²) in [7, 11) is 0. The van der Waals surface area contributed by atoms with Crippen molar-refractivity contribution in [3.8, 4) is 0 Å². The monoisotopic (exact) mass is 572 g/mol. The molecule has 0 spiro atoms. The molecular formula is C13H10F18O4. The van der Waals surface area contributed by atoms with Crippen molar-refractivity contribution in [1.82, 2.24) is 0 Å². The van der Waals surface area contributed by atoms with Crippen LogP contribution in [0.15, 0.2) is 0 Å². The molecule has 0 amide bonds. The minimum atomic E-state index is -7.48. The van der Waals surface area contributed by atoms with Gasteiger partial charge in [0.05, 0.1) is 31.8 Å². The Kier molecular flexibility index (Phi) is 9.08. The fourth-order valence-corrected chi connectivity index (χ4v) is 2.25. The first-order chi connectivity index (χ1) is 15.0. The Morgan fingerprint density at radius 3 is 0.657 bits per heavy atom. The van der Waals surface area contributed by atoms with Crippen LogP contribution in [0.1, 0.15) is 0 Å². The van der Waals surface area contributed by atoms with Crippen LogP contribution in [0.25, 0.3) is 0 Å². The lowest BCUT2D eigenvalue weighted by Gasteiger charge is -2.43. The second kappa shape index (κ2) is 9.47. The van der Waals surface area contributed by atoms with E-state index >= 15 is 0 Å². The Morgan fingerprint density at radius 1 is 0.371 bits per heavy atom. The van der Waals surface area contributed by atoms with E-state index in [2.05, 4.69) is 9.47 Å². The number of alkyl halides is 18. The molecule has 0 atom stereocenters. The van der Waals surface area contributed by atoms with Crippen molar-refractivity contribution >= 4 is 0 Å². The molecule has 0 aromatic heterocycles. The molecule has 0 bridgehead atoms. The Labute approximate surface area is 180 Å². The molecule has 2 N–H and O–H groups in total. The maximum Gasteiger partial charge on any atom is 0.435 e. The summed E-state index contributed by atoms with van der Waals surface area (Å²) in [6.07, 6.45) is -44.9. The van der Waals surface area contributed by atoms with Gasteiger partial charge in [0, 0.05) is 0 Å². The fraction of sp³-hybridized carbons (Fsp3) is 1.00. The zero-order valence-corrected chi connectivity index (χ0v) is 15.8. The first kappa shape index (κ1) is 33.6. The van der Waals surface area contributed by atoms with E-state index in [0.29, 0.717) is 0 Å². The van der Waals surface area contributed by atoms with Crippen molar-refractivity contribution in [2.24, 2.45) is 5.41 Å². The zero-order valence-electron chi connectivity index (χ0n) is 15.8. The number of aliphatic hydroxyl groups excluding tert-OH is 2. The summed E-state index contributed by atoms with van der Waals surface area (Å²) in [5, 5.41) is 18.0.